The zero-order valence-electron chi connectivity index (χ0n) is 11.7. The van der Waals surface area contributed by atoms with Crippen LogP contribution in [0, 0.1) is 5.41 Å². The lowest BCUT2D eigenvalue weighted by molar-refractivity contribution is 0.145. The number of hydrogen-bond acceptors (Lipinski definition) is 3. The second kappa shape index (κ2) is 8.32. The van der Waals surface area contributed by atoms with Gasteiger partial charge in [0.2, 0.25) is 0 Å². The van der Waals surface area contributed by atoms with Crippen molar-refractivity contribution in [3.05, 3.63) is 0 Å². The third-order valence-corrected chi connectivity index (χ3v) is 3.17. The van der Waals surface area contributed by atoms with E-state index < -0.39 is 0 Å². The molecule has 0 bridgehead atoms. The second-order valence-corrected chi connectivity index (χ2v) is 4.83. The first-order valence-corrected chi connectivity index (χ1v) is 6.97. The second-order valence-electron chi connectivity index (χ2n) is 4.83. The fourth-order valence-electron chi connectivity index (χ4n) is 1.66. The molecule has 0 unspecified atom stereocenters. The van der Waals surface area contributed by atoms with Gasteiger partial charge in [0.1, 0.15) is 0 Å². The van der Waals surface area contributed by atoms with Crippen molar-refractivity contribution in [2.75, 3.05) is 39.5 Å². The molecule has 0 saturated heterocycles. The van der Waals surface area contributed by atoms with Crippen molar-refractivity contribution >= 4 is 5.96 Å². The Morgan fingerprint density at radius 2 is 2.11 bits per heavy atom. The van der Waals surface area contributed by atoms with Gasteiger partial charge in [-0.25, -0.2) is 0 Å². The summed E-state index contributed by atoms with van der Waals surface area (Å²) >= 11 is 0. The third-order valence-electron chi connectivity index (χ3n) is 3.17. The molecule has 18 heavy (non-hydrogen) atoms. The molecule has 0 heterocycles. The van der Waals surface area contributed by atoms with E-state index in [4.69, 9.17) is 4.74 Å². The topological polar surface area (TPSA) is 65.9 Å². The molecule has 0 aliphatic heterocycles. The van der Waals surface area contributed by atoms with Crippen LogP contribution in [0.1, 0.15) is 33.1 Å². The molecule has 5 nitrogen and oxygen atoms in total. The summed E-state index contributed by atoms with van der Waals surface area (Å²) in [7, 11) is 0. The largest absolute Gasteiger partial charge is 0.396 e. The highest BCUT2D eigenvalue weighted by molar-refractivity contribution is 5.79. The van der Waals surface area contributed by atoms with Gasteiger partial charge < -0.3 is 20.5 Å². The molecule has 0 spiro atoms. The van der Waals surface area contributed by atoms with E-state index in [0.29, 0.717) is 6.54 Å². The van der Waals surface area contributed by atoms with Gasteiger partial charge >= 0.3 is 0 Å². The molecule has 106 valence electrons. The highest BCUT2D eigenvalue weighted by atomic mass is 16.5. The van der Waals surface area contributed by atoms with Gasteiger partial charge in [-0.1, -0.05) is 0 Å². The lowest BCUT2D eigenvalue weighted by Gasteiger charge is -2.13. The van der Waals surface area contributed by atoms with E-state index in [0.717, 1.165) is 51.5 Å². The van der Waals surface area contributed by atoms with E-state index in [1.165, 1.54) is 0 Å². The lowest BCUT2D eigenvalue weighted by atomic mass is 10.1. The standard InChI is InChI=1S/C13H27N3O2/c1-3-14-12(15-8-5-9-18-4-2)16-10-13(11-17)6-7-13/h17H,3-11H2,1-2H3,(H2,14,15,16). The van der Waals surface area contributed by atoms with Crippen LogP contribution in [0.2, 0.25) is 0 Å². The smallest absolute Gasteiger partial charge is 0.191 e. The van der Waals surface area contributed by atoms with Crippen LogP contribution in [0.3, 0.4) is 0 Å². The van der Waals surface area contributed by atoms with Crippen molar-refractivity contribution in [2.45, 2.75) is 33.1 Å². The van der Waals surface area contributed by atoms with Gasteiger partial charge in [0, 0.05) is 31.7 Å². The highest BCUT2D eigenvalue weighted by Crippen LogP contribution is 2.45. The predicted octanol–water partition coefficient (Wildman–Crippen LogP) is 0.741. The number of ether oxygens (including phenoxy) is 1. The van der Waals surface area contributed by atoms with Crippen LogP contribution in [0.4, 0.5) is 0 Å². The lowest BCUT2D eigenvalue weighted by Crippen LogP contribution is -2.38. The number of nitrogens with one attached hydrogen (secondary N) is 2. The summed E-state index contributed by atoms with van der Waals surface area (Å²) in [4.78, 5) is 4.53. The quantitative estimate of drug-likeness (QED) is 0.324. The van der Waals surface area contributed by atoms with E-state index in [2.05, 4.69) is 22.5 Å². The average molecular weight is 257 g/mol. The summed E-state index contributed by atoms with van der Waals surface area (Å²) in [5, 5.41) is 15.7. The van der Waals surface area contributed by atoms with Crippen LogP contribution < -0.4 is 10.6 Å². The van der Waals surface area contributed by atoms with Crippen molar-refractivity contribution in [3.8, 4) is 0 Å². The first kappa shape index (κ1) is 15.2. The Morgan fingerprint density at radius 3 is 2.67 bits per heavy atom. The minimum atomic E-state index is 0.0771. The van der Waals surface area contributed by atoms with Crippen molar-refractivity contribution < 1.29 is 9.84 Å². The van der Waals surface area contributed by atoms with Crippen molar-refractivity contribution in [1.29, 1.82) is 0 Å². The zero-order valence-corrected chi connectivity index (χ0v) is 11.7. The minimum Gasteiger partial charge on any atom is -0.396 e. The predicted molar refractivity (Wildman–Crippen MR) is 73.8 cm³/mol. The number of aliphatic hydroxyl groups is 1. The Bertz CT molecular complexity index is 253. The van der Waals surface area contributed by atoms with Gasteiger partial charge in [-0.05, 0) is 33.1 Å². The molecular formula is C13H27N3O2. The van der Waals surface area contributed by atoms with Crippen LogP contribution in [0.5, 0.6) is 0 Å². The minimum absolute atomic E-state index is 0.0771. The molecule has 0 amide bonds. The molecule has 5 heteroatoms. The molecule has 0 aromatic carbocycles. The first-order chi connectivity index (χ1) is 8.76. The molecule has 1 aliphatic rings. The normalized spacial score (nSPS) is 17.6. The molecule has 0 radical (unpaired) electrons. The number of guanidine groups is 1. The van der Waals surface area contributed by atoms with E-state index in [1.807, 2.05) is 6.92 Å². The molecule has 1 rings (SSSR count). The number of rotatable bonds is 9. The van der Waals surface area contributed by atoms with Gasteiger partial charge in [0.25, 0.3) is 0 Å². The molecule has 0 atom stereocenters. The maximum absolute atomic E-state index is 9.25. The Morgan fingerprint density at radius 1 is 1.33 bits per heavy atom. The fourth-order valence-corrected chi connectivity index (χ4v) is 1.66. The van der Waals surface area contributed by atoms with Gasteiger partial charge in [-0.15, -0.1) is 0 Å². The molecule has 1 fully saturated rings. The van der Waals surface area contributed by atoms with Gasteiger partial charge in [0.15, 0.2) is 5.96 Å². The van der Waals surface area contributed by atoms with Gasteiger partial charge in [-0.2, -0.15) is 0 Å². The molecule has 3 N–H and O–H groups in total. The Balaban J connectivity index is 2.23. The molecule has 0 aromatic rings. The Kier molecular flexibility index (Phi) is 7.05. The maximum Gasteiger partial charge on any atom is 0.191 e. The molecule has 0 aromatic heterocycles. The highest BCUT2D eigenvalue weighted by Gasteiger charge is 2.41. The zero-order chi connectivity index (χ0) is 13.3. The van der Waals surface area contributed by atoms with E-state index in [-0.39, 0.29) is 12.0 Å². The number of aliphatic imine (C=N–C) groups is 1. The summed E-state index contributed by atoms with van der Waals surface area (Å²) < 4.78 is 5.28. The molecule has 1 saturated carbocycles. The number of nitrogens with zero attached hydrogens (tertiary/aromatic N) is 1. The summed E-state index contributed by atoms with van der Waals surface area (Å²) in [6, 6.07) is 0. The van der Waals surface area contributed by atoms with E-state index >= 15 is 0 Å². The van der Waals surface area contributed by atoms with Crippen LogP contribution in [-0.2, 0) is 4.74 Å². The van der Waals surface area contributed by atoms with Crippen LogP contribution in [-0.4, -0.2) is 50.5 Å². The Hall–Kier alpha value is -0.810. The van der Waals surface area contributed by atoms with Crippen LogP contribution in [0.15, 0.2) is 4.99 Å². The average Bonchev–Trinajstić information content (AvgIpc) is 3.16. The molecule has 1 aliphatic carbocycles. The number of aliphatic hydroxyl groups excluding tert-OH is 1. The van der Waals surface area contributed by atoms with E-state index in [9.17, 15) is 5.11 Å². The Labute approximate surface area is 110 Å². The fraction of sp³-hybridized carbons (Fsp3) is 0.923. The van der Waals surface area contributed by atoms with Crippen molar-refractivity contribution in [3.63, 3.8) is 0 Å². The third kappa shape index (κ3) is 5.69. The summed E-state index contributed by atoms with van der Waals surface area (Å²) in [5.41, 5.74) is 0.0771. The van der Waals surface area contributed by atoms with Crippen molar-refractivity contribution in [1.82, 2.24) is 10.6 Å². The van der Waals surface area contributed by atoms with Gasteiger partial charge in [0.05, 0.1) is 13.2 Å². The van der Waals surface area contributed by atoms with Gasteiger partial charge in [-0.3, -0.25) is 4.99 Å². The summed E-state index contributed by atoms with van der Waals surface area (Å²) in [6.45, 7) is 8.28. The summed E-state index contributed by atoms with van der Waals surface area (Å²) in [5.74, 6) is 0.841. The summed E-state index contributed by atoms with van der Waals surface area (Å²) in [6.07, 6.45) is 3.16. The van der Waals surface area contributed by atoms with Crippen LogP contribution >= 0.6 is 0 Å². The first-order valence-electron chi connectivity index (χ1n) is 6.97. The monoisotopic (exact) mass is 257 g/mol. The molecular weight excluding hydrogens is 230 g/mol. The SMILES string of the molecule is CCNC(=NCC1(CO)CC1)NCCCOCC. The number of hydrogen-bond donors (Lipinski definition) is 3. The maximum atomic E-state index is 9.25. The van der Waals surface area contributed by atoms with Crippen LogP contribution in [0.25, 0.3) is 0 Å². The van der Waals surface area contributed by atoms with E-state index in [1.54, 1.807) is 0 Å². The van der Waals surface area contributed by atoms with Crippen molar-refractivity contribution in [2.24, 2.45) is 10.4 Å².